The third kappa shape index (κ3) is 2.99. The Hall–Kier alpha value is -2.02. The lowest BCUT2D eigenvalue weighted by atomic mass is 10.3. The molecule has 1 atom stereocenters. The molecule has 0 spiro atoms. The molecule has 1 heterocycles. The van der Waals surface area contributed by atoms with Gasteiger partial charge in [0.15, 0.2) is 0 Å². The van der Waals surface area contributed by atoms with Crippen molar-refractivity contribution in [3.63, 3.8) is 0 Å². The average Bonchev–Trinajstić information content (AvgIpc) is 2.60. The molecule has 0 aliphatic carbocycles. The summed E-state index contributed by atoms with van der Waals surface area (Å²) < 4.78 is 0. The second-order valence-electron chi connectivity index (χ2n) is 2.97. The van der Waals surface area contributed by atoms with E-state index < -0.39 is 17.9 Å². The molecular weight excluding hydrogens is 200 g/mol. The van der Waals surface area contributed by atoms with Crippen LogP contribution in [0.1, 0.15) is 10.5 Å². The smallest absolute Gasteiger partial charge is 0.267 e. The highest BCUT2D eigenvalue weighted by Gasteiger charge is 2.13. The van der Waals surface area contributed by atoms with Gasteiger partial charge in [0.2, 0.25) is 5.91 Å². The number of carbonyl (C=O) groups is 2. The van der Waals surface area contributed by atoms with Gasteiger partial charge >= 0.3 is 0 Å². The molecule has 0 aromatic carbocycles. The van der Waals surface area contributed by atoms with Crippen molar-refractivity contribution >= 4 is 17.5 Å². The van der Waals surface area contributed by atoms with E-state index in [0.717, 1.165) is 0 Å². The van der Waals surface area contributed by atoms with Gasteiger partial charge in [-0.1, -0.05) is 0 Å². The largest absolute Gasteiger partial charge is 0.397 e. The van der Waals surface area contributed by atoms with Crippen LogP contribution < -0.4 is 16.8 Å². The normalized spacial score (nSPS) is 12.1. The molecule has 1 aromatic heterocycles. The van der Waals surface area contributed by atoms with Gasteiger partial charge in [0.1, 0.15) is 11.8 Å². The molecule has 0 radical (unpaired) electrons. The van der Waals surface area contributed by atoms with E-state index in [1.165, 1.54) is 12.3 Å². The van der Waals surface area contributed by atoms with Gasteiger partial charge in [0.05, 0.1) is 6.54 Å². The molecule has 1 rings (SSSR count). The Morgan fingerprint density at radius 3 is 2.73 bits per heavy atom. The van der Waals surface area contributed by atoms with Gasteiger partial charge in [-0.05, 0) is 6.07 Å². The van der Waals surface area contributed by atoms with Crippen LogP contribution in [0.5, 0.6) is 0 Å². The molecular formula is C8H12N4O3. The summed E-state index contributed by atoms with van der Waals surface area (Å²) in [5.74, 6) is -1.35. The number of carbonyl (C=O) groups excluding carboxylic acids is 2. The van der Waals surface area contributed by atoms with Crippen LogP contribution in [0.25, 0.3) is 0 Å². The molecule has 0 aliphatic rings. The van der Waals surface area contributed by atoms with E-state index in [4.69, 9.17) is 16.6 Å². The number of nitrogens with two attached hydrogens (primary N) is 2. The maximum Gasteiger partial charge on any atom is 0.267 e. The van der Waals surface area contributed by atoms with Crippen molar-refractivity contribution < 1.29 is 14.7 Å². The van der Waals surface area contributed by atoms with E-state index in [1.807, 2.05) is 0 Å². The molecule has 7 nitrogen and oxygen atoms in total. The van der Waals surface area contributed by atoms with Crippen LogP contribution >= 0.6 is 0 Å². The first-order valence-electron chi connectivity index (χ1n) is 4.20. The van der Waals surface area contributed by atoms with Crippen LogP contribution in [0, 0.1) is 0 Å². The number of aromatic nitrogens is 1. The summed E-state index contributed by atoms with van der Waals surface area (Å²) >= 11 is 0. The van der Waals surface area contributed by atoms with Crippen LogP contribution in [0.15, 0.2) is 12.3 Å². The first-order valence-corrected chi connectivity index (χ1v) is 4.20. The zero-order chi connectivity index (χ0) is 11.4. The molecule has 7 N–H and O–H groups in total. The molecule has 82 valence electrons. The summed E-state index contributed by atoms with van der Waals surface area (Å²) in [4.78, 5) is 24.4. The van der Waals surface area contributed by atoms with Crippen molar-refractivity contribution in [2.45, 2.75) is 6.10 Å². The third-order valence-corrected chi connectivity index (χ3v) is 1.73. The molecule has 7 heteroatoms. The van der Waals surface area contributed by atoms with Gasteiger partial charge in [-0.2, -0.15) is 0 Å². The van der Waals surface area contributed by atoms with Crippen molar-refractivity contribution in [1.82, 2.24) is 10.3 Å². The van der Waals surface area contributed by atoms with Gasteiger partial charge in [0.25, 0.3) is 5.91 Å². The SMILES string of the molecule is NC(=O)C(O)CNC(=O)c1cc(N)c[nH]1. The highest BCUT2D eigenvalue weighted by Crippen LogP contribution is 2.03. The number of amides is 2. The number of anilines is 1. The van der Waals surface area contributed by atoms with Gasteiger partial charge in [0, 0.05) is 11.9 Å². The fourth-order valence-corrected chi connectivity index (χ4v) is 0.927. The number of H-pyrrole nitrogens is 1. The second kappa shape index (κ2) is 4.47. The first kappa shape index (κ1) is 11.1. The summed E-state index contributed by atoms with van der Waals surface area (Å²) in [5.41, 5.74) is 10.9. The molecule has 15 heavy (non-hydrogen) atoms. The number of nitrogen functional groups attached to an aromatic ring is 1. The minimum Gasteiger partial charge on any atom is -0.397 e. The molecule has 2 amide bonds. The highest BCUT2D eigenvalue weighted by atomic mass is 16.3. The van der Waals surface area contributed by atoms with Crippen molar-refractivity contribution in [2.24, 2.45) is 5.73 Å². The predicted molar refractivity (Wildman–Crippen MR) is 52.7 cm³/mol. The quantitative estimate of drug-likeness (QED) is 0.401. The van der Waals surface area contributed by atoms with Crippen molar-refractivity contribution in [3.8, 4) is 0 Å². The van der Waals surface area contributed by atoms with Crippen molar-refractivity contribution in [3.05, 3.63) is 18.0 Å². The summed E-state index contributed by atoms with van der Waals surface area (Å²) in [6, 6.07) is 1.44. The van der Waals surface area contributed by atoms with E-state index in [0.29, 0.717) is 5.69 Å². The monoisotopic (exact) mass is 212 g/mol. The maximum atomic E-state index is 11.3. The Balaban J connectivity index is 2.47. The molecule has 0 bridgehead atoms. The van der Waals surface area contributed by atoms with Crippen LogP contribution in [0.2, 0.25) is 0 Å². The van der Waals surface area contributed by atoms with Crippen molar-refractivity contribution in [2.75, 3.05) is 12.3 Å². The minimum absolute atomic E-state index is 0.229. The molecule has 1 aromatic rings. The highest BCUT2D eigenvalue weighted by molar-refractivity contribution is 5.93. The molecule has 0 aliphatic heterocycles. The minimum atomic E-state index is -1.39. The fourth-order valence-electron chi connectivity index (χ4n) is 0.927. The lowest BCUT2D eigenvalue weighted by Gasteiger charge is -2.07. The third-order valence-electron chi connectivity index (χ3n) is 1.73. The standard InChI is InChI=1S/C8H12N4O3/c9-4-1-5(11-2-4)8(15)12-3-6(13)7(10)14/h1-2,6,11,13H,3,9H2,(H2,10,14)(H,12,15). The number of nitrogens with one attached hydrogen (secondary N) is 2. The average molecular weight is 212 g/mol. The van der Waals surface area contributed by atoms with E-state index in [9.17, 15) is 9.59 Å². The Kier molecular flexibility index (Phi) is 3.29. The lowest BCUT2D eigenvalue weighted by molar-refractivity contribution is -0.125. The maximum absolute atomic E-state index is 11.3. The topological polar surface area (TPSA) is 134 Å². The zero-order valence-electron chi connectivity index (χ0n) is 7.86. The molecule has 0 saturated heterocycles. The molecule has 1 unspecified atom stereocenters. The summed E-state index contributed by atoms with van der Waals surface area (Å²) in [6.45, 7) is -0.229. The van der Waals surface area contributed by atoms with Gasteiger partial charge in [-0.3, -0.25) is 9.59 Å². The summed E-state index contributed by atoms with van der Waals surface area (Å²) in [7, 11) is 0. The van der Waals surface area contributed by atoms with Crippen molar-refractivity contribution in [1.29, 1.82) is 0 Å². The van der Waals surface area contributed by atoms with Crippen LogP contribution in [-0.4, -0.2) is 34.6 Å². The predicted octanol–water partition coefficient (Wildman–Crippen LogP) is -1.83. The Bertz CT molecular complexity index is 374. The Labute approximate surface area is 85.4 Å². The number of aliphatic hydroxyl groups excluding tert-OH is 1. The lowest BCUT2D eigenvalue weighted by Crippen LogP contribution is -2.40. The molecule has 0 saturated carbocycles. The fraction of sp³-hybridized carbons (Fsp3) is 0.250. The van der Waals surface area contributed by atoms with E-state index in [2.05, 4.69) is 10.3 Å². The number of hydrogen-bond donors (Lipinski definition) is 5. The van der Waals surface area contributed by atoms with Crippen LogP contribution in [0.3, 0.4) is 0 Å². The zero-order valence-corrected chi connectivity index (χ0v) is 7.86. The Morgan fingerprint density at radius 1 is 1.60 bits per heavy atom. The second-order valence-corrected chi connectivity index (χ2v) is 2.97. The van der Waals surface area contributed by atoms with Crippen LogP contribution in [0.4, 0.5) is 5.69 Å². The van der Waals surface area contributed by atoms with Gasteiger partial charge in [-0.25, -0.2) is 0 Å². The summed E-state index contributed by atoms with van der Waals surface area (Å²) in [5, 5.41) is 11.3. The number of aliphatic hydroxyl groups is 1. The van der Waals surface area contributed by atoms with E-state index in [-0.39, 0.29) is 12.2 Å². The number of primary amides is 1. The first-order chi connectivity index (χ1) is 7.00. The van der Waals surface area contributed by atoms with Gasteiger partial charge in [-0.15, -0.1) is 0 Å². The van der Waals surface area contributed by atoms with E-state index in [1.54, 1.807) is 0 Å². The van der Waals surface area contributed by atoms with Crippen LogP contribution in [-0.2, 0) is 4.79 Å². The molecule has 0 fully saturated rings. The summed E-state index contributed by atoms with van der Waals surface area (Å²) in [6.07, 6.45) is 0.0700. The number of rotatable bonds is 4. The van der Waals surface area contributed by atoms with Gasteiger partial charge < -0.3 is 26.9 Å². The van der Waals surface area contributed by atoms with E-state index >= 15 is 0 Å². The number of aromatic amines is 1. The number of hydrogen-bond acceptors (Lipinski definition) is 4. The Morgan fingerprint density at radius 2 is 2.27 bits per heavy atom.